The molecule has 3 aliphatic rings. The Morgan fingerprint density at radius 3 is 3.00 bits per heavy atom. The van der Waals surface area contributed by atoms with E-state index in [4.69, 9.17) is 4.74 Å². The Morgan fingerprint density at radius 2 is 2.29 bits per heavy atom. The molecule has 0 spiro atoms. The number of hydrogen-bond donors (Lipinski definition) is 1. The van der Waals surface area contributed by atoms with Crippen molar-refractivity contribution in [2.75, 3.05) is 7.05 Å². The van der Waals surface area contributed by atoms with Crippen LogP contribution in [0.15, 0.2) is 0 Å². The molecule has 76 valence electrons. The summed E-state index contributed by atoms with van der Waals surface area (Å²) >= 11 is 0. The molecule has 1 aliphatic heterocycles. The maximum absolute atomic E-state index is 11.6. The number of amides is 1. The summed E-state index contributed by atoms with van der Waals surface area (Å²) in [6.45, 7) is 0. The number of carbonyl (C=O) groups excluding carboxylic acids is 2. The lowest BCUT2D eigenvalue weighted by Gasteiger charge is -2.22. The molecule has 14 heavy (non-hydrogen) atoms. The van der Waals surface area contributed by atoms with Gasteiger partial charge in [0, 0.05) is 13.0 Å². The maximum atomic E-state index is 11.6. The summed E-state index contributed by atoms with van der Waals surface area (Å²) in [5.41, 5.74) is 0. The monoisotopic (exact) mass is 195 g/mol. The van der Waals surface area contributed by atoms with Crippen molar-refractivity contribution < 1.29 is 14.3 Å². The zero-order valence-electron chi connectivity index (χ0n) is 8.03. The van der Waals surface area contributed by atoms with Gasteiger partial charge in [0.2, 0.25) is 5.91 Å². The summed E-state index contributed by atoms with van der Waals surface area (Å²) in [4.78, 5) is 23.1. The molecule has 3 fully saturated rings. The van der Waals surface area contributed by atoms with E-state index in [0.29, 0.717) is 11.8 Å². The van der Waals surface area contributed by atoms with E-state index < -0.39 is 0 Å². The van der Waals surface area contributed by atoms with Crippen LogP contribution in [0.5, 0.6) is 0 Å². The number of ether oxygens (including phenoxy) is 1. The third kappa shape index (κ3) is 0.792. The summed E-state index contributed by atoms with van der Waals surface area (Å²) in [7, 11) is 1.63. The summed E-state index contributed by atoms with van der Waals surface area (Å²) in [5.74, 6) is 0.319. The fraction of sp³-hybridized carbons (Fsp3) is 0.800. The molecule has 4 nitrogen and oxygen atoms in total. The van der Waals surface area contributed by atoms with Crippen LogP contribution in [-0.2, 0) is 14.3 Å². The minimum atomic E-state index is -0.145. The van der Waals surface area contributed by atoms with E-state index in [1.165, 1.54) is 0 Å². The smallest absolute Gasteiger partial charge is 0.310 e. The molecule has 1 heterocycles. The maximum Gasteiger partial charge on any atom is 0.310 e. The largest absolute Gasteiger partial charge is 0.462 e. The van der Waals surface area contributed by atoms with Gasteiger partial charge in [-0.05, 0) is 18.8 Å². The van der Waals surface area contributed by atoms with Crippen molar-refractivity contribution in [3.63, 3.8) is 0 Å². The van der Waals surface area contributed by atoms with Gasteiger partial charge in [-0.2, -0.15) is 0 Å². The lowest BCUT2D eigenvalue weighted by molar-refractivity contribution is -0.145. The first-order valence-corrected chi connectivity index (χ1v) is 5.14. The van der Waals surface area contributed by atoms with Crippen molar-refractivity contribution in [3.8, 4) is 0 Å². The van der Waals surface area contributed by atoms with Crippen LogP contribution in [0.1, 0.15) is 12.8 Å². The highest BCUT2D eigenvalue weighted by atomic mass is 16.6. The molecule has 1 amide bonds. The molecular formula is C10H13NO3. The molecule has 0 aromatic heterocycles. The van der Waals surface area contributed by atoms with Gasteiger partial charge in [-0.1, -0.05) is 0 Å². The summed E-state index contributed by atoms with van der Waals surface area (Å²) in [6.07, 6.45) is 2.02. The first-order chi connectivity index (χ1) is 6.72. The van der Waals surface area contributed by atoms with Gasteiger partial charge in [0.1, 0.15) is 6.10 Å². The standard InChI is InChI=1S/C10H13NO3/c1-11-9(12)7-4-2-5-6(3-4)14-10(13)8(5)7/h4-8H,2-3H2,1H3,(H,11,12)/t4-,5+,6-,7-,8+/m1/s1. The molecule has 2 bridgehead atoms. The van der Waals surface area contributed by atoms with Gasteiger partial charge in [-0.3, -0.25) is 9.59 Å². The van der Waals surface area contributed by atoms with Crippen LogP contribution in [0.2, 0.25) is 0 Å². The summed E-state index contributed by atoms with van der Waals surface area (Å²) in [6, 6.07) is 0. The molecule has 0 radical (unpaired) electrons. The molecule has 5 atom stereocenters. The highest BCUT2D eigenvalue weighted by molar-refractivity contribution is 5.88. The van der Waals surface area contributed by atoms with Crippen LogP contribution in [0.25, 0.3) is 0 Å². The van der Waals surface area contributed by atoms with Gasteiger partial charge in [-0.25, -0.2) is 0 Å². The van der Waals surface area contributed by atoms with Crippen LogP contribution in [-0.4, -0.2) is 25.0 Å². The Kier molecular flexibility index (Phi) is 1.47. The second-order valence-corrected chi connectivity index (χ2v) is 4.54. The minimum absolute atomic E-state index is 0.0137. The van der Waals surface area contributed by atoms with E-state index in [1.807, 2.05) is 0 Å². The van der Waals surface area contributed by atoms with Gasteiger partial charge in [0.15, 0.2) is 0 Å². The second-order valence-electron chi connectivity index (χ2n) is 4.54. The first kappa shape index (κ1) is 8.26. The lowest BCUT2D eigenvalue weighted by Crippen LogP contribution is -2.38. The first-order valence-electron chi connectivity index (χ1n) is 5.14. The number of rotatable bonds is 1. The average Bonchev–Trinajstić information content (AvgIpc) is 2.75. The van der Waals surface area contributed by atoms with Crippen LogP contribution < -0.4 is 5.32 Å². The Labute approximate surface area is 82.0 Å². The SMILES string of the molecule is CNC(=O)[C@@H]1[C@@H]2C[C@@H]3[C@@H]1C(=O)O[C@@H]3C2. The van der Waals surface area contributed by atoms with E-state index in [2.05, 4.69) is 5.32 Å². The Bertz CT molecular complexity index is 312. The Morgan fingerprint density at radius 1 is 1.50 bits per heavy atom. The van der Waals surface area contributed by atoms with Crippen molar-refractivity contribution in [1.82, 2.24) is 5.32 Å². The zero-order valence-corrected chi connectivity index (χ0v) is 8.03. The molecular weight excluding hydrogens is 182 g/mol. The molecule has 3 rings (SSSR count). The molecule has 0 aromatic rings. The molecule has 1 saturated heterocycles. The fourth-order valence-electron chi connectivity index (χ4n) is 3.53. The second kappa shape index (κ2) is 2.49. The highest BCUT2D eigenvalue weighted by Gasteiger charge is 2.63. The van der Waals surface area contributed by atoms with Gasteiger partial charge < -0.3 is 10.1 Å². The lowest BCUT2D eigenvalue weighted by atomic mass is 9.79. The normalized spacial score (nSPS) is 48.1. The van der Waals surface area contributed by atoms with Crippen molar-refractivity contribution in [2.45, 2.75) is 18.9 Å². The van der Waals surface area contributed by atoms with Crippen molar-refractivity contribution in [1.29, 1.82) is 0 Å². The van der Waals surface area contributed by atoms with Crippen LogP contribution in [0.3, 0.4) is 0 Å². The predicted octanol–water partition coefficient (Wildman–Crippen LogP) is -0.0700. The third-order valence-electron chi connectivity index (χ3n) is 4.03. The molecule has 0 unspecified atom stereocenters. The van der Waals surface area contributed by atoms with E-state index in [0.717, 1.165) is 12.8 Å². The van der Waals surface area contributed by atoms with E-state index in [9.17, 15) is 9.59 Å². The van der Waals surface area contributed by atoms with Gasteiger partial charge in [-0.15, -0.1) is 0 Å². The number of fused-ring (bicyclic) bond motifs is 1. The van der Waals surface area contributed by atoms with Gasteiger partial charge in [0.05, 0.1) is 11.8 Å². The van der Waals surface area contributed by atoms with E-state index in [1.54, 1.807) is 7.05 Å². The van der Waals surface area contributed by atoms with E-state index in [-0.39, 0.29) is 29.8 Å². The molecule has 4 heteroatoms. The zero-order chi connectivity index (χ0) is 9.87. The van der Waals surface area contributed by atoms with E-state index >= 15 is 0 Å². The highest BCUT2D eigenvalue weighted by Crippen LogP contribution is 2.57. The van der Waals surface area contributed by atoms with Crippen molar-refractivity contribution >= 4 is 11.9 Å². The van der Waals surface area contributed by atoms with Gasteiger partial charge >= 0.3 is 5.97 Å². The minimum Gasteiger partial charge on any atom is -0.462 e. The van der Waals surface area contributed by atoms with Crippen molar-refractivity contribution in [3.05, 3.63) is 0 Å². The number of nitrogens with one attached hydrogen (secondary N) is 1. The Balaban J connectivity index is 1.95. The van der Waals surface area contributed by atoms with Gasteiger partial charge in [0.25, 0.3) is 0 Å². The molecule has 2 aliphatic carbocycles. The van der Waals surface area contributed by atoms with Crippen LogP contribution in [0.4, 0.5) is 0 Å². The number of esters is 1. The van der Waals surface area contributed by atoms with Crippen LogP contribution in [0, 0.1) is 23.7 Å². The summed E-state index contributed by atoms with van der Waals surface area (Å²) in [5, 5.41) is 2.65. The quantitative estimate of drug-likeness (QED) is 0.596. The van der Waals surface area contributed by atoms with Crippen molar-refractivity contribution in [2.24, 2.45) is 23.7 Å². The third-order valence-corrected chi connectivity index (χ3v) is 4.03. The molecule has 2 saturated carbocycles. The van der Waals surface area contributed by atoms with Crippen LogP contribution >= 0.6 is 0 Å². The fourth-order valence-corrected chi connectivity index (χ4v) is 3.53. The number of carbonyl (C=O) groups is 2. The number of hydrogen-bond acceptors (Lipinski definition) is 3. The predicted molar refractivity (Wildman–Crippen MR) is 47.1 cm³/mol. The molecule has 1 N–H and O–H groups in total. The summed E-state index contributed by atoms with van der Waals surface area (Å²) < 4.78 is 5.25. The average molecular weight is 195 g/mol. The topological polar surface area (TPSA) is 55.4 Å². The molecule has 0 aromatic carbocycles. The Hall–Kier alpha value is -1.06.